The van der Waals surface area contributed by atoms with Gasteiger partial charge in [0.25, 0.3) is 0 Å². The molecule has 1 aromatic heterocycles. The second-order valence-electron chi connectivity index (χ2n) is 5.33. The van der Waals surface area contributed by atoms with Gasteiger partial charge in [0, 0.05) is 10.0 Å². The predicted octanol–water partition coefficient (Wildman–Crippen LogP) is 2.13. The summed E-state index contributed by atoms with van der Waals surface area (Å²) >= 11 is 12.2. The molecule has 4 nitrogen and oxygen atoms in total. The van der Waals surface area contributed by atoms with Gasteiger partial charge in [-0.25, -0.2) is 0 Å². The van der Waals surface area contributed by atoms with E-state index in [1.54, 1.807) is 24.5 Å². The fourth-order valence-electron chi connectivity index (χ4n) is 2.22. The number of carbonyl (C=O) groups excluding carboxylic acids is 1. The predicted molar refractivity (Wildman–Crippen MR) is 87.4 cm³/mol. The molecule has 0 unspecified atom stereocenters. The van der Waals surface area contributed by atoms with Crippen molar-refractivity contribution in [3.63, 3.8) is 0 Å². The zero-order valence-electron chi connectivity index (χ0n) is 12.5. The molecule has 0 aliphatic carbocycles. The first-order valence-corrected chi connectivity index (χ1v) is 7.77. The Labute approximate surface area is 140 Å². The van der Waals surface area contributed by atoms with Crippen molar-refractivity contribution >= 4 is 29.1 Å². The largest absolute Gasteiger partial charge is 0.463 e. The van der Waals surface area contributed by atoms with Gasteiger partial charge in [-0.2, -0.15) is 0 Å². The molecule has 2 N–H and O–H groups in total. The SMILES string of the molecule is C[NH+](C)[C@@H](CNC(=O)Cc1c(Cl)cccc1Cl)c1ccco1. The molecule has 0 fully saturated rings. The zero-order valence-corrected chi connectivity index (χ0v) is 14.0. The Morgan fingerprint density at radius 2 is 1.91 bits per heavy atom. The van der Waals surface area contributed by atoms with E-state index in [-0.39, 0.29) is 18.4 Å². The minimum Gasteiger partial charge on any atom is -0.463 e. The quantitative estimate of drug-likeness (QED) is 0.845. The number of hydrogen-bond acceptors (Lipinski definition) is 2. The van der Waals surface area contributed by atoms with Gasteiger partial charge in [-0.15, -0.1) is 0 Å². The van der Waals surface area contributed by atoms with Gasteiger partial charge in [0.05, 0.1) is 33.3 Å². The zero-order chi connectivity index (χ0) is 16.1. The van der Waals surface area contributed by atoms with Crippen LogP contribution in [0, 0.1) is 0 Å². The summed E-state index contributed by atoms with van der Waals surface area (Å²) in [5, 5.41) is 3.92. The lowest BCUT2D eigenvalue weighted by Gasteiger charge is -2.20. The normalized spacial score (nSPS) is 12.4. The Morgan fingerprint density at radius 3 is 2.45 bits per heavy atom. The third kappa shape index (κ3) is 4.26. The third-order valence-electron chi connectivity index (χ3n) is 3.49. The summed E-state index contributed by atoms with van der Waals surface area (Å²) in [6.45, 7) is 0.483. The first kappa shape index (κ1) is 16.9. The highest BCUT2D eigenvalue weighted by molar-refractivity contribution is 6.36. The van der Waals surface area contributed by atoms with Gasteiger partial charge >= 0.3 is 0 Å². The maximum atomic E-state index is 12.1. The first-order chi connectivity index (χ1) is 10.5. The summed E-state index contributed by atoms with van der Waals surface area (Å²) in [5.41, 5.74) is 0.648. The molecule has 1 atom stereocenters. The maximum absolute atomic E-state index is 12.1. The van der Waals surface area contributed by atoms with E-state index in [2.05, 4.69) is 5.32 Å². The van der Waals surface area contributed by atoms with Crippen molar-refractivity contribution in [2.75, 3.05) is 20.6 Å². The monoisotopic (exact) mass is 341 g/mol. The van der Waals surface area contributed by atoms with Crippen LogP contribution in [0.4, 0.5) is 0 Å². The van der Waals surface area contributed by atoms with Crippen LogP contribution in [0.2, 0.25) is 10.0 Å². The molecule has 0 bridgehead atoms. The van der Waals surface area contributed by atoms with Gasteiger partial charge in [-0.1, -0.05) is 29.3 Å². The third-order valence-corrected chi connectivity index (χ3v) is 4.19. The van der Waals surface area contributed by atoms with Crippen molar-refractivity contribution in [1.29, 1.82) is 0 Å². The van der Waals surface area contributed by atoms with Crippen LogP contribution >= 0.6 is 23.2 Å². The minimum atomic E-state index is -0.118. The Morgan fingerprint density at radius 1 is 1.23 bits per heavy atom. The number of carbonyl (C=O) groups is 1. The van der Waals surface area contributed by atoms with Crippen LogP contribution in [0.3, 0.4) is 0 Å². The number of quaternary nitrogens is 1. The Kier molecular flexibility index (Phi) is 5.89. The molecule has 1 amide bonds. The second kappa shape index (κ2) is 7.68. The molecular formula is C16H19Cl2N2O2+. The smallest absolute Gasteiger partial charge is 0.224 e. The number of likely N-dealkylation sites (N-methyl/N-ethyl adjacent to an activating group) is 1. The standard InChI is InChI=1S/C16H18Cl2N2O2/c1-20(2)14(15-7-4-8-22-15)10-19-16(21)9-11-12(17)5-3-6-13(11)18/h3-8,14H,9-10H2,1-2H3,(H,19,21)/p+1/t14-/m0/s1. The van der Waals surface area contributed by atoms with Crippen LogP contribution in [-0.4, -0.2) is 26.5 Å². The summed E-state index contributed by atoms with van der Waals surface area (Å²) in [5.74, 6) is 0.726. The topological polar surface area (TPSA) is 46.7 Å². The molecule has 6 heteroatoms. The first-order valence-electron chi connectivity index (χ1n) is 7.02. The Hall–Kier alpha value is -1.49. The van der Waals surface area contributed by atoms with Gasteiger partial charge in [0.1, 0.15) is 0 Å². The summed E-state index contributed by atoms with van der Waals surface area (Å²) in [6, 6.07) is 9.03. The van der Waals surface area contributed by atoms with Crippen LogP contribution in [0.15, 0.2) is 41.0 Å². The van der Waals surface area contributed by atoms with E-state index < -0.39 is 0 Å². The summed E-state index contributed by atoms with van der Waals surface area (Å²) in [6.07, 6.45) is 1.79. The second-order valence-corrected chi connectivity index (χ2v) is 6.14. The van der Waals surface area contributed by atoms with Crippen molar-refractivity contribution in [2.45, 2.75) is 12.5 Å². The van der Waals surface area contributed by atoms with E-state index in [4.69, 9.17) is 27.6 Å². The van der Waals surface area contributed by atoms with E-state index in [9.17, 15) is 4.79 Å². The Balaban J connectivity index is 1.97. The van der Waals surface area contributed by atoms with Crippen molar-refractivity contribution < 1.29 is 14.1 Å². The van der Waals surface area contributed by atoms with E-state index in [1.165, 1.54) is 4.90 Å². The molecule has 118 valence electrons. The number of hydrogen-bond donors (Lipinski definition) is 2. The Bertz CT molecular complexity index is 607. The number of furan rings is 1. The van der Waals surface area contributed by atoms with Gasteiger partial charge in [0.15, 0.2) is 11.8 Å². The number of rotatable bonds is 6. The average Bonchev–Trinajstić information content (AvgIpc) is 2.97. The van der Waals surface area contributed by atoms with E-state index in [0.717, 1.165) is 5.76 Å². The van der Waals surface area contributed by atoms with Gasteiger partial charge in [0.2, 0.25) is 5.91 Å². The summed E-state index contributed by atoms with van der Waals surface area (Å²) in [7, 11) is 4.04. The average molecular weight is 342 g/mol. The fraction of sp³-hybridized carbons (Fsp3) is 0.312. The van der Waals surface area contributed by atoms with Crippen LogP contribution in [-0.2, 0) is 11.2 Å². The van der Waals surface area contributed by atoms with Crippen molar-refractivity contribution in [3.05, 3.63) is 58.0 Å². The van der Waals surface area contributed by atoms with Gasteiger partial charge < -0.3 is 14.6 Å². The van der Waals surface area contributed by atoms with Crippen LogP contribution in [0.25, 0.3) is 0 Å². The minimum absolute atomic E-state index is 0.0562. The van der Waals surface area contributed by atoms with Gasteiger partial charge in [-0.05, 0) is 29.8 Å². The number of nitrogens with one attached hydrogen (secondary N) is 2. The lowest BCUT2D eigenvalue weighted by molar-refractivity contribution is -0.891. The number of halogens is 2. The van der Waals surface area contributed by atoms with E-state index in [0.29, 0.717) is 22.2 Å². The molecule has 2 rings (SSSR count). The summed E-state index contributed by atoms with van der Waals surface area (Å²) < 4.78 is 5.43. The molecule has 0 spiro atoms. The molecule has 0 aliphatic heterocycles. The molecule has 0 saturated carbocycles. The maximum Gasteiger partial charge on any atom is 0.224 e. The number of amides is 1. The van der Waals surface area contributed by atoms with Crippen molar-refractivity contribution in [3.8, 4) is 0 Å². The highest BCUT2D eigenvalue weighted by atomic mass is 35.5. The van der Waals surface area contributed by atoms with Crippen molar-refractivity contribution in [1.82, 2.24) is 5.32 Å². The lowest BCUT2D eigenvalue weighted by atomic mass is 10.1. The van der Waals surface area contributed by atoms with Crippen molar-refractivity contribution in [2.24, 2.45) is 0 Å². The fourth-order valence-corrected chi connectivity index (χ4v) is 2.75. The van der Waals surface area contributed by atoms with Crippen LogP contribution < -0.4 is 10.2 Å². The molecular weight excluding hydrogens is 323 g/mol. The van der Waals surface area contributed by atoms with Gasteiger partial charge in [-0.3, -0.25) is 4.79 Å². The van der Waals surface area contributed by atoms with E-state index in [1.807, 2.05) is 26.2 Å². The summed E-state index contributed by atoms with van der Waals surface area (Å²) in [4.78, 5) is 13.3. The van der Waals surface area contributed by atoms with Crippen LogP contribution in [0.5, 0.6) is 0 Å². The highest BCUT2D eigenvalue weighted by Crippen LogP contribution is 2.24. The molecule has 2 aromatic rings. The molecule has 0 aliphatic rings. The van der Waals surface area contributed by atoms with Crippen LogP contribution in [0.1, 0.15) is 17.4 Å². The number of benzene rings is 1. The molecule has 0 saturated heterocycles. The molecule has 1 aromatic carbocycles. The highest BCUT2D eigenvalue weighted by Gasteiger charge is 2.21. The lowest BCUT2D eigenvalue weighted by Crippen LogP contribution is -3.07. The molecule has 22 heavy (non-hydrogen) atoms. The molecule has 0 radical (unpaired) electrons. The van der Waals surface area contributed by atoms with E-state index >= 15 is 0 Å². The molecule has 1 heterocycles.